The summed E-state index contributed by atoms with van der Waals surface area (Å²) in [6.07, 6.45) is 0. The van der Waals surface area contributed by atoms with Crippen LogP contribution >= 0.6 is 0 Å². The number of amides is 1. The maximum Gasteiger partial charge on any atom is 0.234 e. The molecule has 1 atom stereocenters. The highest BCUT2D eigenvalue weighted by molar-refractivity contribution is 5.78. The average Bonchev–Trinajstić information content (AvgIpc) is 2.39. The molecule has 0 spiro atoms. The monoisotopic (exact) mass is 275 g/mol. The molecule has 0 aromatic heterocycles. The standard InChI is InChI=1S/C16H25N3O/c1-12-4-5-15(13(2)10-12)14(3)18-16(20)11-19-8-6-17-7-9-19/h4-5,10,14,17H,6-9,11H2,1-3H3,(H,18,20). The third-order valence-electron chi connectivity index (χ3n) is 3.85. The molecule has 0 bridgehead atoms. The van der Waals surface area contributed by atoms with Crippen LogP contribution < -0.4 is 10.6 Å². The van der Waals surface area contributed by atoms with Gasteiger partial charge in [0.15, 0.2) is 0 Å². The Labute approximate surface area is 121 Å². The molecule has 2 N–H and O–H groups in total. The summed E-state index contributed by atoms with van der Waals surface area (Å²) in [5, 5.41) is 6.40. The second-order valence-electron chi connectivity index (χ2n) is 5.68. The SMILES string of the molecule is Cc1ccc(C(C)NC(=O)CN2CCNCC2)c(C)c1. The van der Waals surface area contributed by atoms with Crippen molar-refractivity contribution in [3.8, 4) is 0 Å². The lowest BCUT2D eigenvalue weighted by Gasteiger charge is -2.27. The fraction of sp³-hybridized carbons (Fsp3) is 0.562. The van der Waals surface area contributed by atoms with Crippen LogP contribution in [0.15, 0.2) is 18.2 Å². The lowest BCUT2D eigenvalue weighted by molar-refractivity contribution is -0.123. The van der Waals surface area contributed by atoms with E-state index in [-0.39, 0.29) is 11.9 Å². The summed E-state index contributed by atoms with van der Waals surface area (Å²) in [6.45, 7) is 10.6. The lowest BCUT2D eigenvalue weighted by Crippen LogP contribution is -2.47. The van der Waals surface area contributed by atoms with Crippen molar-refractivity contribution in [3.05, 3.63) is 34.9 Å². The Morgan fingerprint density at radius 1 is 1.35 bits per heavy atom. The molecule has 110 valence electrons. The Kier molecular flexibility index (Phi) is 5.15. The van der Waals surface area contributed by atoms with Gasteiger partial charge in [0.1, 0.15) is 0 Å². The van der Waals surface area contributed by atoms with E-state index in [1.807, 2.05) is 6.92 Å². The van der Waals surface area contributed by atoms with Gasteiger partial charge in [0.25, 0.3) is 0 Å². The molecule has 1 fully saturated rings. The van der Waals surface area contributed by atoms with Crippen molar-refractivity contribution in [2.24, 2.45) is 0 Å². The summed E-state index contributed by atoms with van der Waals surface area (Å²) in [5.41, 5.74) is 3.69. The molecule has 1 aromatic carbocycles. The lowest BCUT2D eigenvalue weighted by atomic mass is 10.0. The highest BCUT2D eigenvalue weighted by atomic mass is 16.2. The molecule has 1 aliphatic heterocycles. The number of benzene rings is 1. The molecular formula is C16H25N3O. The van der Waals surface area contributed by atoms with Crippen LogP contribution in [0.1, 0.15) is 29.7 Å². The van der Waals surface area contributed by atoms with Crippen LogP contribution in [0.2, 0.25) is 0 Å². The zero-order valence-electron chi connectivity index (χ0n) is 12.7. The largest absolute Gasteiger partial charge is 0.348 e. The predicted molar refractivity (Wildman–Crippen MR) is 81.8 cm³/mol. The van der Waals surface area contributed by atoms with Gasteiger partial charge in [-0.15, -0.1) is 0 Å². The molecule has 0 aliphatic carbocycles. The van der Waals surface area contributed by atoms with Crippen LogP contribution in [0.5, 0.6) is 0 Å². The average molecular weight is 275 g/mol. The Morgan fingerprint density at radius 2 is 2.05 bits per heavy atom. The summed E-state index contributed by atoms with van der Waals surface area (Å²) in [4.78, 5) is 14.3. The molecule has 1 unspecified atom stereocenters. The fourth-order valence-electron chi connectivity index (χ4n) is 2.75. The number of nitrogens with zero attached hydrogens (tertiary/aromatic N) is 1. The molecule has 4 heteroatoms. The second kappa shape index (κ2) is 6.86. The number of carbonyl (C=O) groups excluding carboxylic acids is 1. The van der Waals surface area contributed by atoms with Crippen molar-refractivity contribution in [1.82, 2.24) is 15.5 Å². The minimum Gasteiger partial charge on any atom is -0.348 e. The number of carbonyl (C=O) groups is 1. The molecular weight excluding hydrogens is 250 g/mol. The van der Waals surface area contributed by atoms with Gasteiger partial charge in [-0.25, -0.2) is 0 Å². The molecule has 1 saturated heterocycles. The van der Waals surface area contributed by atoms with Crippen molar-refractivity contribution in [2.75, 3.05) is 32.7 Å². The van der Waals surface area contributed by atoms with E-state index in [4.69, 9.17) is 0 Å². The van der Waals surface area contributed by atoms with Crippen LogP contribution in [-0.4, -0.2) is 43.5 Å². The van der Waals surface area contributed by atoms with E-state index >= 15 is 0 Å². The summed E-state index contributed by atoms with van der Waals surface area (Å²) in [5.74, 6) is 0.111. The minimum atomic E-state index is 0.0611. The predicted octanol–water partition coefficient (Wildman–Crippen LogP) is 1.39. The maximum atomic E-state index is 12.1. The molecule has 20 heavy (non-hydrogen) atoms. The molecule has 1 amide bonds. The zero-order chi connectivity index (χ0) is 14.5. The number of hydrogen-bond donors (Lipinski definition) is 2. The van der Waals surface area contributed by atoms with E-state index in [0.29, 0.717) is 6.54 Å². The van der Waals surface area contributed by atoms with E-state index in [1.54, 1.807) is 0 Å². The van der Waals surface area contributed by atoms with Gasteiger partial charge in [0.05, 0.1) is 12.6 Å². The number of nitrogens with one attached hydrogen (secondary N) is 2. The summed E-state index contributed by atoms with van der Waals surface area (Å²) in [6, 6.07) is 6.43. The second-order valence-corrected chi connectivity index (χ2v) is 5.68. The first kappa shape index (κ1) is 15.0. The van der Waals surface area contributed by atoms with Crippen molar-refractivity contribution in [3.63, 3.8) is 0 Å². The Bertz CT molecular complexity index is 467. The molecule has 1 aliphatic rings. The minimum absolute atomic E-state index is 0.0611. The van der Waals surface area contributed by atoms with Gasteiger partial charge in [0, 0.05) is 26.2 Å². The third kappa shape index (κ3) is 4.05. The van der Waals surface area contributed by atoms with Crippen molar-refractivity contribution >= 4 is 5.91 Å². The number of rotatable bonds is 4. The van der Waals surface area contributed by atoms with E-state index in [9.17, 15) is 4.79 Å². The van der Waals surface area contributed by atoms with Gasteiger partial charge in [0.2, 0.25) is 5.91 Å². The molecule has 1 aromatic rings. The van der Waals surface area contributed by atoms with Crippen molar-refractivity contribution in [1.29, 1.82) is 0 Å². The Morgan fingerprint density at radius 3 is 2.70 bits per heavy atom. The normalized spacial score (nSPS) is 17.8. The van der Waals surface area contributed by atoms with Gasteiger partial charge < -0.3 is 10.6 Å². The smallest absolute Gasteiger partial charge is 0.234 e. The zero-order valence-corrected chi connectivity index (χ0v) is 12.7. The van der Waals surface area contributed by atoms with Crippen LogP contribution in [0.25, 0.3) is 0 Å². The van der Waals surface area contributed by atoms with E-state index in [1.165, 1.54) is 16.7 Å². The first-order valence-electron chi connectivity index (χ1n) is 7.36. The van der Waals surface area contributed by atoms with E-state index < -0.39 is 0 Å². The first-order valence-corrected chi connectivity index (χ1v) is 7.36. The summed E-state index contributed by atoms with van der Waals surface area (Å²) >= 11 is 0. The molecule has 0 radical (unpaired) electrons. The quantitative estimate of drug-likeness (QED) is 0.873. The maximum absolute atomic E-state index is 12.1. The Balaban J connectivity index is 1.89. The van der Waals surface area contributed by atoms with Crippen LogP contribution in [0, 0.1) is 13.8 Å². The number of aryl methyl sites for hydroxylation is 2. The van der Waals surface area contributed by atoms with Crippen LogP contribution in [0.4, 0.5) is 0 Å². The van der Waals surface area contributed by atoms with Crippen molar-refractivity contribution in [2.45, 2.75) is 26.8 Å². The molecule has 4 nitrogen and oxygen atoms in total. The van der Waals surface area contributed by atoms with Gasteiger partial charge >= 0.3 is 0 Å². The first-order chi connectivity index (χ1) is 9.56. The summed E-state index contributed by atoms with van der Waals surface area (Å²) < 4.78 is 0. The highest BCUT2D eigenvalue weighted by Gasteiger charge is 2.16. The Hall–Kier alpha value is -1.39. The third-order valence-corrected chi connectivity index (χ3v) is 3.85. The van der Waals surface area contributed by atoms with Gasteiger partial charge in [-0.3, -0.25) is 9.69 Å². The van der Waals surface area contributed by atoms with Crippen LogP contribution in [0.3, 0.4) is 0 Å². The van der Waals surface area contributed by atoms with Gasteiger partial charge in [-0.2, -0.15) is 0 Å². The molecule has 1 heterocycles. The van der Waals surface area contributed by atoms with Crippen molar-refractivity contribution < 1.29 is 4.79 Å². The van der Waals surface area contributed by atoms with E-state index in [0.717, 1.165) is 26.2 Å². The molecule has 2 rings (SSSR count). The number of piperazine rings is 1. The van der Waals surface area contributed by atoms with Crippen LogP contribution in [-0.2, 0) is 4.79 Å². The topological polar surface area (TPSA) is 44.4 Å². The highest BCUT2D eigenvalue weighted by Crippen LogP contribution is 2.18. The van der Waals surface area contributed by atoms with Gasteiger partial charge in [-0.1, -0.05) is 23.8 Å². The number of hydrogen-bond acceptors (Lipinski definition) is 3. The molecule has 0 saturated carbocycles. The van der Waals surface area contributed by atoms with E-state index in [2.05, 4.69) is 47.6 Å². The fourth-order valence-corrected chi connectivity index (χ4v) is 2.75. The van der Waals surface area contributed by atoms with Gasteiger partial charge in [-0.05, 0) is 31.9 Å². The summed E-state index contributed by atoms with van der Waals surface area (Å²) in [7, 11) is 0.